The number of hydrogen-bond donors (Lipinski definition) is 0. The van der Waals surface area contributed by atoms with Gasteiger partial charge < -0.3 is 14.1 Å². The molecule has 0 unspecified atom stereocenters. The van der Waals surface area contributed by atoms with Gasteiger partial charge in [0.25, 0.3) is 0 Å². The second-order valence-corrected chi connectivity index (χ2v) is 6.60. The molecular weight excluding hydrogens is 314 g/mol. The summed E-state index contributed by atoms with van der Waals surface area (Å²) in [6.07, 6.45) is 3.07. The van der Waals surface area contributed by atoms with Crippen molar-refractivity contribution in [3.05, 3.63) is 22.7 Å². The van der Waals surface area contributed by atoms with E-state index in [9.17, 15) is 4.79 Å². The molecule has 124 valence electrons. The quantitative estimate of drug-likeness (QED) is 0.812. The monoisotopic (exact) mass is 335 g/mol. The van der Waals surface area contributed by atoms with Crippen LogP contribution in [0, 0.1) is 5.92 Å². The van der Waals surface area contributed by atoms with Gasteiger partial charge in [-0.15, -0.1) is 10.2 Å². The molecule has 0 N–H and O–H groups in total. The summed E-state index contributed by atoms with van der Waals surface area (Å²) < 4.78 is 10.8. The third-order valence-electron chi connectivity index (χ3n) is 4.06. The summed E-state index contributed by atoms with van der Waals surface area (Å²) in [7, 11) is 1.71. The second-order valence-electron chi connectivity index (χ2n) is 5.82. The van der Waals surface area contributed by atoms with Crippen molar-refractivity contribution in [1.82, 2.24) is 15.1 Å². The van der Waals surface area contributed by atoms with Gasteiger partial charge in [-0.1, -0.05) is 0 Å². The van der Waals surface area contributed by atoms with E-state index in [1.165, 1.54) is 0 Å². The largest absolute Gasteiger partial charge is 0.421 e. The van der Waals surface area contributed by atoms with Gasteiger partial charge in [-0.25, -0.2) is 0 Å². The first-order valence-corrected chi connectivity index (χ1v) is 8.82. The first-order valence-electron chi connectivity index (χ1n) is 7.88. The van der Waals surface area contributed by atoms with Crippen molar-refractivity contribution in [2.24, 2.45) is 5.92 Å². The predicted octanol–water partition coefficient (Wildman–Crippen LogP) is 2.62. The summed E-state index contributed by atoms with van der Waals surface area (Å²) in [5.74, 6) is 1.64. The number of hydrogen-bond acceptors (Lipinski definition) is 6. The number of piperidine rings is 1. The Morgan fingerprint density at radius 1 is 1.52 bits per heavy atom. The minimum absolute atomic E-state index is 0.154. The van der Waals surface area contributed by atoms with Gasteiger partial charge in [0, 0.05) is 44.0 Å². The Morgan fingerprint density at radius 2 is 2.43 bits per heavy atom. The van der Waals surface area contributed by atoms with Crippen molar-refractivity contribution in [3.8, 4) is 11.5 Å². The molecule has 3 heterocycles. The van der Waals surface area contributed by atoms with Gasteiger partial charge in [0.1, 0.15) is 0 Å². The predicted molar refractivity (Wildman–Crippen MR) is 87.1 cm³/mol. The normalized spacial score (nSPS) is 18.3. The molecule has 3 rings (SSSR count). The van der Waals surface area contributed by atoms with Crippen molar-refractivity contribution in [2.45, 2.75) is 25.7 Å². The van der Waals surface area contributed by atoms with Gasteiger partial charge in [-0.05, 0) is 30.2 Å². The highest BCUT2D eigenvalue weighted by Gasteiger charge is 2.23. The van der Waals surface area contributed by atoms with E-state index in [0.29, 0.717) is 30.5 Å². The number of ether oxygens (including phenoxy) is 1. The molecule has 7 heteroatoms. The fraction of sp³-hybridized carbons (Fsp3) is 0.562. The number of amides is 1. The van der Waals surface area contributed by atoms with Crippen molar-refractivity contribution < 1.29 is 13.9 Å². The maximum absolute atomic E-state index is 12.4. The molecule has 23 heavy (non-hydrogen) atoms. The fourth-order valence-electron chi connectivity index (χ4n) is 2.89. The molecule has 0 radical (unpaired) electrons. The number of thiophene rings is 1. The Morgan fingerprint density at radius 3 is 3.22 bits per heavy atom. The van der Waals surface area contributed by atoms with Gasteiger partial charge >= 0.3 is 0 Å². The van der Waals surface area contributed by atoms with Crippen LogP contribution in [-0.2, 0) is 16.0 Å². The van der Waals surface area contributed by atoms with E-state index in [4.69, 9.17) is 9.15 Å². The first kappa shape index (κ1) is 16.1. The maximum Gasteiger partial charge on any atom is 0.248 e. The average Bonchev–Trinajstić information content (AvgIpc) is 3.24. The number of aromatic nitrogens is 2. The fourth-order valence-corrected chi connectivity index (χ4v) is 3.52. The summed E-state index contributed by atoms with van der Waals surface area (Å²) in [5, 5.41) is 12.0. The number of rotatable bonds is 6. The van der Waals surface area contributed by atoms with Crippen molar-refractivity contribution in [1.29, 1.82) is 0 Å². The van der Waals surface area contributed by atoms with Crippen LogP contribution in [0.5, 0.6) is 0 Å². The number of carbonyl (C=O) groups is 1. The zero-order valence-electron chi connectivity index (χ0n) is 13.2. The van der Waals surface area contributed by atoms with E-state index in [1.807, 2.05) is 21.7 Å². The Hall–Kier alpha value is -1.73. The zero-order valence-corrected chi connectivity index (χ0v) is 14.1. The molecular formula is C16H21N3O3S. The Bertz CT molecular complexity index is 624. The molecule has 0 bridgehead atoms. The summed E-state index contributed by atoms with van der Waals surface area (Å²) >= 11 is 1.59. The van der Waals surface area contributed by atoms with Crippen LogP contribution in [-0.4, -0.2) is 47.8 Å². The highest BCUT2D eigenvalue weighted by Crippen LogP contribution is 2.21. The van der Waals surface area contributed by atoms with Crippen LogP contribution < -0.4 is 0 Å². The minimum Gasteiger partial charge on any atom is -0.421 e. The van der Waals surface area contributed by atoms with Gasteiger partial charge in [-0.3, -0.25) is 4.79 Å². The third-order valence-corrected chi connectivity index (χ3v) is 4.75. The topological polar surface area (TPSA) is 68.5 Å². The lowest BCUT2D eigenvalue weighted by Crippen LogP contribution is -2.41. The summed E-state index contributed by atoms with van der Waals surface area (Å²) in [5.41, 5.74) is 0.929. The smallest absolute Gasteiger partial charge is 0.248 e. The number of carbonyl (C=O) groups excluding carboxylic acids is 1. The van der Waals surface area contributed by atoms with E-state index >= 15 is 0 Å². The molecule has 1 fully saturated rings. The lowest BCUT2D eigenvalue weighted by Gasteiger charge is -2.32. The van der Waals surface area contributed by atoms with Gasteiger partial charge in [0.15, 0.2) is 0 Å². The highest BCUT2D eigenvalue weighted by molar-refractivity contribution is 7.08. The average molecular weight is 335 g/mol. The van der Waals surface area contributed by atoms with Crippen LogP contribution in [0.15, 0.2) is 21.2 Å². The first-order chi connectivity index (χ1) is 11.3. The molecule has 1 saturated heterocycles. The van der Waals surface area contributed by atoms with E-state index in [1.54, 1.807) is 18.4 Å². The lowest BCUT2D eigenvalue weighted by atomic mass is 9.98. The van der Waals surface area contributed by atoms with Gasteiger partial charge in [0.05, 0.1) is 6.61 Å². The second kappa shape index (κ2) is 7.70. The van der Waals surface area contributed by atoms with Gasteiger partial charge in [-0.2, -0.15) is 11.3 Å². The van der Waals surface area contributed by atoms with E-state index in [2.05, 4.69) is 10.2 Å². The summed E-state index contributed by atoms with van der Waals surface area (Å²) in [4.78, 5) is 14.3. The Balaban J connectivity index is 1.51. The van der Waals surface area contributed by atoms with E-state index < -0.39 is 0 Å². The Labute approximate surface area is 139 Å². The molecule has 1 atom stereocenters. The molecule has 2 aromatic rings. The van der Waals surface area contributed by atoms with Crippen LogP contribution in [0.3, 0.4) is 0 Å². The molecule has 0 aromatic carbocycles. The van der Waals surface area contributed by atoms with Crippen LogP contribution in [0.25, 0.3) is 11.5 Å². The molecule has 1 aliphatic rings. The number of aryl methyl sites for hydroxylation is 1. The Kier molecular flexibility index (Phi) is 5.40. The third kappa shape index (κ3) is 4.17. The van der Waals surface area contributed by atoms with E-state index in [-0.39, 0.29) is 5.91 Å². The van der Waals surface area contributed by atoms with Crippen LogP contribution in [0.4, 0.5) is 0 Å². The molecule has 0 aliphatic carbocycles. The molecule has 6 nitrogen and oxygen atoms in total. The summed E-state index contributed by atoms with van der Waals surface area (Å²) in [6.45, 7) is 2.34. The van der Waals surface area contributed by atoms with Gasteiger partial charge in [0.2, 0.25) is 17.7 Å². The van der Waals surface area contributed by atoms with E-state index in [0.717, 1.165) is 38.1 Å². The lowest BCUT2D eigenvalue weighted by molar-refractivity contribution is -0.133. The maximum atomic E-state index is 12.4. The molecule has 1 amide bonds. The number of methoxy groups -OCH3 is 1. The standard InChI is InChI=1S/C16H21N3O3S/c1-21-10-12-3-2-7-19(9-12)15(20)5-4-14-17-18-16(22-14)13-6-8-23-11-13/h6,8,11-12H,2-5,7,9-10H2,1H3/t12-/m1/s1. The molecule has 2 aromatic heterocycles. The van der Waals surface area contributed by atoms with Crippen molar-refractivity contribution in [2.75, 3.05) is 26.8 Å². The minimum atomic E-state index is 0.154. The van der Waals surface area contributed by atoms with Crippen LogP contribution in [0.2, 0.25) is 0 Å². The zero-order chi connectivity index (χ0) is 16.1. The van der Waals surface area contributed by atoms with Crippen LogP contribution >= 0.6 is 11.3 Å². The molecule has 0 saturated carbocycles. The van der Waals surface area contributed by atoms with Crippen molar-refractivity contribution >= 4 is 17.2 Å². The SMILES string of the molecule is COC[C@@H]1CCCN(C(=O)CCc2nnc(-c3ccsc3)o2)C1. The summed E-state index contributed by atoms with van der Waals surface area (Å²) in [6, 6.07) is 1.94. The molecule has 0 spiro atoms. The molecule has 1 aliphatic heterocycles. The number of nitrogens with zero attached hydrogens (tertiary/aromatic N) is 3. The van der Waals surface area contributed by atoms with Crippen molar-refractivity contribution in [3.63, 3.8) is 0 Å². The highest BCUT2D eigenvalue weighted by atomic mass is 32.1. The number of likely N-dealkylation sites (tertiary alicyclic amines) is 1. The van der Waals surface area contributed by atoms with Crippen LogP contribution in [0.1, 0.15) is 25.2 Å².